The van der Waals surface area contributed by atoms with Gasteiger partial charge in [0.05, 0.1) is 0 Å². The Bertz CT molecular complexity index is 768. The molecule has 0 amide bonds. The number of carbonyl (C=O) groups excluding carboxylic acids is 3. The minimum absolute atomic E-state index is 0.336. The van der Waals surface area contributed by atoms with Crippen LogP contribution in [-0.4, -0.2) is 17.3 Å². The number of carbonyl (C=O) groups is 3. The van der Waals surface area contributed by atoms with Crippen LogP contribution < -0.4 is 0 Å². The first-order valence-corrected chi connectivity index (χ1v) is 7.52. The number of fused-ring (bicyclic) bond motifs is 1. The number of allylic oxidation sites excluding steroid dienone is 1. The number of Topliss-reactive ketones (excluding diaryl/α,β-unsaturated/α-hetero) is 2. The summed E-state index contributed by atoms with van der Waals surface area (Å²) in [6.07, 6.45) is 2.91. The molecule has 1 aliphatic carbocycles. The van der Waals surface area contributed by atoms with Crippen molar-refractivity contribution in [1.29, 1.82) is 0 Å². The highest BCUT2D eigenvalue weighted by Crippen LogP contribution is 2.27. The van der Waals surface area contributed by atoms with Gasteiger partial charge in [0.2, 0.25) is 0 Å². The van der Waals surface area contributed by atoms with E-state index in [-0.39, 0.29) is 0 Å². The van der Waals surface area contributed by atoms with Gasteiger partial charge in [-0.3, -0.25) is 14.4 Å². The second kappa shape index (κ2) is 5.81. The molecule has 0 saturated carbocycles. The highest BCUT2D eigenvalue weighted by Gasteiger charge is 2.41. The maximum atomic E-state index is 12.2. The molecule has 2 aromatic rings. The van der Waals surface area contributed by atoms with E-state index >= 15 is 0 Å². The summed E-state index contributed by atoms with van der Waals surface area (Å²) in [5.41, 5.74) is 1.50. The average molecular weight is 355 g/mol. The average Bonchev–Trinajstić information content (AvgIpc) is 2.79. The third kappa shape index (κ3) is 2.57. The van der Waals surface area contributed by atoms with Crippen LogP contribution >= 0.6 is 15.9 Å². The van der Waals surface area contributed by atoms with Gasteiger partial charge in [-0.05, 0) is 23.8 Å². The standard InChI is InChI=1S/C18H11BrO3/c19-12-8-5-11(6-9-12)7-10-15(20)16-17(21)13-3-1-2-4-14(13)18(16)22/h1-10,16H. The molecule has 3 nitrogen and oxygen atoms in total. The van der Waals surface area contributed by atoms with Crippen LogP contribution in [0.5, 0.6) is 0 Å². The SMILES string of the molecule is O=C(C=Cc1ccc(Br)cc1)C1C(=O)c2ccccc2C1=O. The van der Waals surface area contributed by atoms with E-state index in [1.54, 1.807) is 30.3 Å². The second-order valence-electron chi connectivity index (χ2n) is 4.99. The first kappa shape index (κ1) is 14.6. The van der Waals surface area contributed by atoms with Crippen molar-refractivity contribution in [1.82, 2.24) is 0 Å². The van der Waals surface area contributed by atoms with Crippen LogP contribution in [0.3, 0.4) is 0 Å². The lowest BCUT2D eigenvalue weighted by molar-refractivity contribution is -0.115. The quantitative estimate of drug-likeness (QED) is 0.623. The van der Waals surface area contributed by atoms with Crippen LogP contribution in [0.15, 0.2) is 59.1 Å². The summed E-state index contributed by atoms with van der Waals surface area (Å²) in [5.74, 6) is -2.53. The molecule has 108 valence electrons. The molecule has 0 spiro atoms. The van der Waals surface area contributed by atoms with Gasteiger partial charge in [0.25, 0.3) is 0 Å². The van der Waals surface area contributed by atoms with Gasteiger partial charge in [0.15, 0.2) is 17.3 Å². The summed E-state index contributed by atoms with van der Waals surface area (Å²) < 4.78 is 0.938. The molecule has 0 aromatic heterocycles. The number of halogens is 1. The minimum Gasteiger partial charge on any atom is -0.294 e. The van der Waals surface area contributed by atoms with Crippen molar-refractivity contribution in [2.75, 3.05) is 0 Å². The highest BCUT2D eigenvalue weighted by atomic mass is 79.9. The van der Waals surface area contributed by atoms with Gasteiger partial charge in [-0.2, -0.15) is 0 Å². The maximum absolute atomic E-state index is 12.2. The predicted octanol–water partition coefficient (Wildman–Crippen LogP) is 3.73. The van der Waals surface area contributed by atoms with Gasteiger partial charge in [-0.15, -0.1) is 0 Å². The Hall–Kier alpha value is -2.33. The van der Waals surface area contributed by atoms with Crippen molar-refractivity contribution in [3.63, 3.8) is 0 Å². The minimum atomic E-state index is -1.23. The molecule has 0 bridgehead atoms. The van der Waals surface area contributed by atoms with Gasteiger partial charge in [0.1, 0.15) is 5.92 Å². The summed E-state index contributed by atoms with van der Waals surface area (Å²) in [7, 11) is 0. The molecule has 0 aliphatic heterocycles. The first-order chi connectivity index (χ1) is 10.6. The van der Waals surface area contributed by atoms with E-state index < -0.39 is 23.3 Å². The molecule has 0 unspecified atom stereocenters. The molecule has 0 heterocycles. The normalized spacial score (nSPS) is 14.6. The molecule has 0 atom stereocenters. The van der Waals surface area contributed by atoms with Crippen LogP contribution in [-0.2, 0) is 4.79 Å². The van der Waals surface area contributed by atoms with E-state index in [1.165, 1.54) is 6.08 Å². The summed E-state index contributed by atoms with van der Waals surface area (Å²) >= 11 is 3.33. The molecule has 3 rings (SSSR count). The summed E-state index contributed by atoms with van der Waals surface area (Å²) in [4.78, 5) is 36.7. The molecule has 0 saturated heterocycles. The van der Waals surface area contributed by atoms with Gasteiger partial charge in [-0.25, -0.2) is 0 Å². The molecular formula is C18H11BrO3. The fraction of sp³-hybridized carbons (Fsp3) is 0.0556. The van der Waals surface area contributed by atoms with E-state index in [0.717, 1.165) is 10.0 Å². The molecule has 2 aromatic carbocycles. The zero-order valence-corrected chi connectivity index (χ0v) is 13.0. The number of hydrogen-bond acceptors (Lipinski definition) is 3. The molecule has 0 fully saturated rings. The van der Waals surface area contributed by atoms with Crippen molar-refractivity contribution in [2.45, 2.75) is 0 Å². The first-order valence-electron chi connectivity index (χ1n) is 6.73. The number of ketones is 3. The Morgan fingerprint density at radius 2 is 1.45 bits per heavy atom. The summed E-state index contributed by atoms with van der Waals surface area (Å²) in [5, 5.41) is 0. The second-order valence-corrected chi connectivity index (χ2v) is 5.91. The highest BCUT2D eigenvalue weighted by molar-refractivity contribution is 9.10. The maximum Gasteiger partial charge on any atom is 0.182 e. The van der Waals surface area contributed by atoms with Crippen LogP contribution in [0.1, 0.15) is 26.3 Å². The van der Waals surface area contributed by atoms with Crippen LogP contribution in [0.4, 0.5) is 0 Å². The number of benzene rings is 2. The fourth-order valence-corrected chi connectivity index (χ4v) is 2.71. The van der Waals surface area contributed by atoms with E-state index in [2.05, 4.69) is 15.9 Å². The lowest BCUT2D eigenvalue weighted by atomic mass is 9.97. The lowest BCUT2D eigenvalue weighted by Crippen LogP contribution is -2.23. The van der Waals surface area contributed by atoms with Crippen molar-refractivity contribution in [3.05, 3.63) is 75.8 Å². The van der Waals surface area contributed by atoms with Gasteiger partial charge < -0.3 is 0 Å². The Labute approximate surface area is 135 Å². The number of rotatable bonds is 3. The van der Waals surface area contributed by atoms with Crippen LogP contribution in [0, 0.1) is 5.92 Å². The topological polar surface area (TPSA) is 51.2 Å². The molecular weight excluding hydrogens is 344 g/mol. The molecule has 4 heteroatoms. The predicted molar refractivity (Wildman–Crippen MR) is 86.8 cm³/mol. The van der Waals surface area contributed by atoms with Crippen molar-refractivity contribution >= 4 is 39.4 Å². The zero-order chi connectivity index (χ0) is 15.7. The van der Waals surface area contributed by atoms with Crippen molar-refractivity contribution < 1.29 is 14.4 Å². The molecule has 1 aliphatic rings. The smallest absolute Gasteiger partial charge is 0.182 e. The van der Waals surface area contributed by atoms with E-state index in [4.69, 9.17) is 0 Å². The largest absolute Gasteiger partial charge is 0.294 e. The third-order valence-electron chi connectivity index (χ3n) is 3.58. The van der Waals surface area contributed by atoms with Gasteiger partial charge >= 0.3 is 0 Å². The lowest BCUT2D eigenvalue weighted by Gasteiger charge is -2.01. The Morgan fingerprint density at radius 1 is 0.909 bits per heavy atom. The Kier molecular flexibility index (Phi) is 3.86. The third-order valence-corrected chi connectivity index (χ3v) is 4.11. The zero-order valence-electron chi connectivity index (χ0n) is 11.5. The van der Waals surface area contributed by atoms with Crippen LogP contribution in [0.25, 0.3) is 6.08 Å². The molecule has 0 N–H and O–H groups in total. The van der Waals surface area contributed by atoms with Crippen LogP contribution in [0.2, 0.25) is 0 Å². The molecule has 22 heavy (non-hydrogen) atoms. The summed E-state index contributed by atoms with van der Waals surface area (Å²) in [6.45, 7) is 0. The van der Waals surface area contributed by atoms with Gasteiger partial charge in [0, 0.05) is 15.6 Å². The summed E-state index contributed by atoms with van der Waals surface area (Å²) in [6, 6.07) is 13.9. The van der Waals surface area contributed by atoms with E-state index in [9.17, 15) is 14.4 Å². The van der Waals surface area contributed by atoms with E-state index in [0.29, 0.717) is 11.1 Å². The van der Waals surface area contributed by atoms with Gasteiger partial charge in [-0.1, -0.05) is 58.4 Å². The number of hydrogen-bond donors (Lipinski definition) is 0. The van der Waals surface area contributed by atoms with Crippen molar-refractivity contribution in [2.24, 2.45) is 5.92 Å². The Balaban J connectivity index is 1.83. The monoisotopic (exact) mass is 354 g/mol. The molecule has 0 radical (unpaired) electrons. The van der Waals surface area contributed by atoms with E-state index in [1.807, 2.05) is 24.3 Å². The Morgan fingerprint density at radius 3 is 2.00 bits per heavy atom. The fourth-order valence-electron chi connectivity index (χ4n) is 2.45. The van der Waals surface area contributed by atoms with Crippen molar-refractivity contribution in [3.8, 4) is 0 Å².